The van der Waals surface area contributed by atoms with Crippen LogP contribution >= 0.6 is 0 Å². The first-order valence-electron chi connectivity index (χ1n) is 17.5. The Morgan fingerprint density at radius 2 is 0.827 bits per heavy atom. The number of rotatable bonds is 7. The highest BCUT2D eigenvalue weighted by Gasteiger charge is 2.21. The zero-order valence-electron chi connectivity index (χ0n) is 28.2. The zero-order chi connectivity index (χ0) is 34.4. The van der Waals surface area contributed by atoms with E-state index in [1.54, 1.807) is 0 Å². The van der Waals surface area contributed by atoms with E-state index >= 15 is 0 Å². The second kappa shape index (κ2) is 12.4. The lowest BCUT2D eigenvalue weighted by molar-refractivity contribution is 0.668. The quantitative estimate of drug-likeness (QED) is 0.169. The Kier molecular flexibility index (Phi) is 7.10. The van der Waals surface area contributed by atoms with Crippen molar-refractivity contribution in [1.82, 2.24) is 0 Å². The Balaban J connectivity index is 1.11. The molecular formula is C48H32N2O2. The molecule has 0 aliphatic heterocycles. The second-order valence-electron chi connectivity index (χ2n) is 13.0. The van der Waals surface area contributed by atoms with Crippen LogP contribution in [0.5, 0.6) is 0 Å². The Morgan fingerprint density at radius 1 is 0.288 bits per heavy atom. The van der Waals surface area contributed by atoms with Crippen LogP contribution in [0.25, 0.3) is 55.0 Å². The molecule has 0 aliphatic carbocycles. The molecule has 0 aliphatic rings. The fourth-order valence-electron chi connectivity index (χ4n) is 7.40. The molecule has 10 rings (SSSR count). The Bertz CT molecular complexity index is 2840. The van der Waals surface area contributed by atoms with Crippen molar-refractivity contribution in [3.8, 4) is 11.1 Å². The van der Waals surface area contributed by atoms with Crippen LogP contribution in [0.2, 0.25) is 0 Å². The van der Waals surface area contributed by atoms with Crippen molar-refractivity contribution < 1.29 is 8.83 Å². The van der Waals surface area contributed by atoms with Crippen molar-refractivity contribution in [3.63, 3.8) is 0 Å². The normalized spacial score (nSPS) is 11.5. The van der Waals surface area contributed by atoms with Crippen LogP contribution in [-0.2, 0) is 0 Å². The van der Waals surface area contributed by atoms with Gasteiger partial charge < -0.3 is 18.6 Å². The lowest BCUT2D eigenvalue weighted by atomic mass is 10.0. The molecule has 0 atom stereocenters. The highest BCUT2D eigenvalue weighted by atomic mass is 16.3. The number of para-hydroxylation sites is 4. The standard InChI is InChI=1S/C48H32N2O2/c1-4-13-33(14-5-1)34-23-25-37(26-24-34)50(36-17-8-3-9-18-36)44-21-12-20-42-43-31-38(28-30-46(43)52-48(42)44)49(35-15-6-2-7-16-35)39-27-29-41-40-19-10-11-22-45(40)51-47(41)32-39/h1-32H. The van der Waals surface area contributed by atoms with Gasteiger partial charge in [-0.1, -0.05) is 109 Å². The minimum Gasteiger partial charge on any atom is -0.456 e. The first kappa shape index (κ1) is 29.8. The van der Waals surface area contributed by atoms with E-state index in [1.165, 1.54) is 11.1 Å². The van der Waals surface area contributed by atoms with Gasteiger partial charge in [-0.25, -0.2) is 0 Å². The van der Waals surface area contributed by atoms with E-state index in [0.29, 0.717) is 0 Å². The van der Waals surface area contributed by atoms with E-state index in [1.807, 2.05) is 30.3 Å². The van der Waals surface area contributed by atoms with E-state index in [-0.39, 0.29) is 0 Å². The van der Waals surface area contributed by atoms with Gasteiger partial charge in [0.15, 0.2) is 5.58 Å². The van der Waals surface area contributed by atoms with E-state index < -0.39 is 0 Å². The molecule has 0 spiro atoms. The van der Waals surface area contributed by atoms with Gasteiger partial charge in [-0.05, 0) is 90.0 Å². The largest absolute Gasteiger partial charge is 0.456 e. The number of hydrogen-bond donors (Lipinski definition) is 0. The van der Waals surface area contributed by atoms with E-state index in [9.17, 15) is 0 Å². The van der Waals surface area contributed by atoms with E-state index in [4.69, 9.17) is 8.83 Å². The van der Waals surface area contributed by atoms with Gasteiger partial charge in [-0.15, -0.1) is 0 Å². The topological polar surface area (TPSA) is 32.8 Å². The summed E-state index contributed by atoms with van der Waals surface area (Å²) in [7, 11) is 0. The van der Waals surface area contributed by atoms with Gasteiger partial charge in [-0.2, -0.15) is 0 Å². The molecule has 52 heavy (non-hydrogen) atoms. The first-order valence-corrected chi connectivity index (χ1v) is 17.5. The minimum atomic E-state index is 0.833. The molecule has 8 aromatic carbocycles. The molecule has 0 saturated heterocycles. The van der Waals surface area contributed by atoms with Gasteiger partial charge in [0.25, 0.3) is 0 Å². The first-order chi connectivity index (χ1) is 25.8. The van der Waals surface area contributed by atoms with E-state index in [0.717, 1.165) is 78.0 Å². The third-order valence-corrected chi connectivity index (χ3v) is 9.84. The number of hydrogen-bond acceptors (Lipinski definition) is 4. The molecule has 0 N–H and O–H groups in total. The summed E-state index contributed by atoms with van der Waals surface area (Å²) in [5.41, 5.74) is 12.0. The van der Waals surface area contributed by atoms with Gasteiger partial charge in [0, 0.05) is 56.0 Å². The van der Waals surface area contributed by atoms with Crippen LogP contribution in [-0.4, -0.2) is 0 Å². The third kappa shape index (κ3) is 5.09. The fourth-order valence-corrected chi connectivity index (χ4v) is 7.40. The SMILES string of the molecule is c1ccc(-c2ccc(N(c3ccccc3)c3cccc4c3oc3ccc(N(c5ccccc5)c5ccc6c(c5)oc5ccccc56)cc34)cc2)cc1. The molecule has 0 saturated carbocycles. The molecular weight excluding hydrogens is 637 g/mol. The summed E-state index contributed by atoms with van der Waals surface area (Å²) in [4.78, 5) is 4.55. The Morgan fingerprint density at radius 3 is 1.60 bits per heavy atom. The average molecular weight is 669 g/mol. The predicted molar refractivity (Wildman–Crippen MR) is 216 cm³/mol. The van der Waals surface area contributed by atoms with Crippen molar-refractivity contribution in [1.29, 1.82) is 0 Å². The van der Waals surface area contributed by atoms with Gasteiger partial charge >= 0.3 is 0 Å². The minimum absolute atomic E-state index is 0.833. The summed E-state index contributed by atoms with van der Waals surface area (Å²) >= 11 is 0. The van der Waals surface area contributed by atoms with Gasteiger partial charge in [0.05, 0.1) is 5.69 Å². The van der Waals surface area contributed by atoms with Crippen molar-refractivity contribution in [2.75, 3.05) is 9.80 Å². The fraction of sp³-hybridized carbons (Fsp3) is 0. The van der Waals surface area contributed by atoms with Crippen LogP contribution in [0.1, 0.15) is 0 Å². The van der Waals surface area contributed by atoms with Gasteiger partial charge in [-0.3, -0.25) is 0 Å². The number of anilines is 6. The molecule has 4 nitrogen and oxygen atoms in total. The summed E-state index contributed by atoms with van der Waals surface area (Å²) < 4.78 is 13.1. The summed E-state index contributed by atoms with van der Waals surface area (Å²) in [6.45, 7) is 0. The summed E-state index contributed by atoms with van der Waals surface area (Å²) in [5.74, 6) is 0. The summed E-state index contributed by atoms with van der Waals surface area (Å²) in [6, 6.07) is 67.7. The van der Waals surface area contributed by atoms with Crippen LogP contribution in [0.4, 0.5) is 34.1 Å². The summed E-state index contributed by atoms with van der Waals surface area (Å²) in [5, 5.41) is 4.33. The lowest BCUT2D eigenvalue weighted by Crippen LogP contribution is -2.10. The number of nitrogens with zero attached hydrogens (tertiary/aromatic N) is 2. The van der Waals surface area contributed by atoms with Crippen molar-refractivity contribution >= 4 is 78.0 Å². The number of benzene rings is 8. The molecule has 0 bridgehead atoms. The van der Waals surface area contributed by atoms with Crippen LogP contribution in [0.3, 0.4) is 0 Å². The smallest absolute Gasteiger partial charge is 0.159 e. The van der Waals surface area contributed by atoms with Crippen molar-refractivity contribution in [3.05, 3.63) is 194 Å². The third-order valence-electron chi connectivity index (χ3n) is 9.84. The van der Waals surface area contributed by atoms with Crippen molar-refractivity contribution in [2.24, 2.45) is 0 Å². The summed E-state index contributed by atoms with van der Waals surface area (Å²) in [6.07, 6.45) is 0. The van der Waals surface area contributed by atoms with Gasteiger partial charge in [0.1, 0.15) is 16.7 Å². The molecule has 10 aromatic rings. The van der Waals surface area contributed by atoms with Crippen LogP contribution in [0, 0.1) is 0 Å². The zero-order valence-corrected chi connectivity index (χ0v) is 28.2. The molecule has 0 fully saturated rings. The molecule has 2 aromatic heterocycles. The Hall–Kier alpha value is -7.04. The molecule has 246 valence electrons. The lowest BCUT2D eigenvalue weighted by Gasteiger charge is -2.25. The highest BCUT2D eigenvalue weighted by molar-refractivity contribution is 6.12. The van der Waals surface area contributed by atoms with Crippen molar-refractivity contribution in [2.45, 2.75) is 0 Å². The predicted octanol–water partition coefficient (Wildman–Crippen LogP) is 14.1. The van der Waals surface area contributed by atoms with Crippen LogP contribution < -0.4 is 9.80 Å². The maximum atomic E-state index is 6.76. The monoisotopic (exact) mass is 668 g/mol. The van der Waals surface area contributed by atoms with Gasteiger partial charge in [0.2, 0.25) is 0 Å². The number of fused-ring (bicyclic) bond motifs is 6. The molecule has 0 amide bonds. The Labute approximate surface area is 301 Å². The molecule has 2 heterocycles. The number of furan rings is 2. The maximum absolute atomic E-state index is 6.76. The second-order valence-corrected chi connectivity index (χ2v) is 13.0. The van der Waals surface area contributed by atoms with E-state index in [2.05, 4.69) is 174 Å². The van der Waals surface area contributed by atoms with Crippen LogP contribution in [0.15, 0.2) is 203 Å². The maximum Gasteiger partial charge on any atom is 0.159 e. The average Bonchev–Trinajstić information content (AvgIpc) is 3.78. The molecule has 4 heteroatoms. The highest BCUT2D eigenvalue weighted by Crippen LogP contribution is 2.45. The molecule has 0 unspecified atom stereocenters. The molecule has 0 radical (unpaired) electrons.